The first-order valence-corrected chi connectivity index (χ1v) is 12.5. The molecular formula is C26H30N8O2. The molecular weight excluding hydrogens is 456 g/mol. The Kier molecular flexibility index (Phi) is 5.88. The lowest BCUT2D eigenvalue weighted by molar-refractivity contribution is -0.117. The fraction of sp³-hybridized carbons (Fsp3) is 0.423. The summed E-state index contributed by atoms with van der Waals surface area (Å²) in [5.41, 5.74) is 8.20. The molecule has 1 amide bonds. The maximum absolute atomic E-state index is 12.2. The summed E-state index contributed by atoms with van der Waals surface area (Å²) in [5.74, 6) is 3.24. The Balaban J connectivity index is 1.27. The summed E-state index contributed by atoms with van der Waals surface area (Å²) >= 11 is 0. The molecule has 3 fully saturated rings. The molecule has 2 atom stereocenters. The van der Waals surface area contributed by atoms with Crippen molar-refractivity contribution in [1.82, 2.24) is 15.0 Å². The van der Waals surface area contributed by atoms with Gasteiger partial charge in [-0.05, 0) is 37.5 Å². The van der Waals surface area contributed by atoms with E-state index in [1.807, 2.05) is 18.3 Å². The van der Waals surface area contributed by atoms with Crippen LogP contribution in [0.2, 0.25) is 0 Å². The molecule has 3 aliphatic rings. The molecule has 10 nitrogen and oxygen atoms in total. The number of amides is 1. The van der Waals surface area contributed by atoms with Gasteiger partial charge in [-0.1, -0.05) is 0 Å². The SMILES string of the molecule is CNc1ncc(C(N)=Nc2ccc(N3CC4COCC(C4)C3)cn2)c2cc(NC(=O)C3CC3)ncc12. The van der Waals surface area contributed by atoms with Gasteiger partial charge in [0, 0.05) is 66.6 Å². The van der Waals surface area contributed by atoms with E-state index in [1.165, 1.54) is 6.42 Å². The number of piperidine rings is 1. The van der Waals surface area contributed by atoms with Gasteiger partial charge in [-0.2, -0.15) is 0 Å². The second-order valence-corrected chi connectivity index (χ2v) is 9.93. The number of rotatable bonds is 6. The number of hydrogen-bond acceptors (Lipinski definition) is 8. The molecule has 5 heterocycles. The van der Waals surface area contributed by atoms with Crippen LogP contribution in [0, 0.1) is 17.8 Å². The molecule has 4 N–H and O–H groups in total. The molecule has 2 bridgehead atoms. The van der Waals surface area contributed by atoms with E-state index < -0.39 is 0 Å². The predicted molar refractivity (Wildman–Crippen MR) is 140 cm³/mol. The number of carbonyl (C=O) groups is 1. The van der Waals surface area contributed by atoms with Crippen molar-refractivity contribution in [3.05, 3.63) is 42.4 Å². The second-order valence-electron chi connectivity index (χ2n) is 9.93. The van der Waals surface area contributed by atoms with E-state index in [2.05, 4.69) is 41.5 Å². The largest absolute Gasteiger partial charge is 0.383 e. The van der Waals surface area contributed by atoms with E-state index in [0.717, 1.165) is 55.6 Å². The average molecular weight is 487 g/mol. The Morgan fingerprint density at radius 2 is 1.89 bits per heavy atom. The van der Waals surface area contributed by atoms with Gasteiger partial charge in [0.2, 0.25) is 5.91 Å². The van der Waals surface area contributed by atoms with Crippen molar-refractivity contribution < 1.29 is 9.53 Å². The lowest BCUT2D eigenvalue weighted by Crippen LogP contribution is -2.46. The van der Waals surface area contributed by atoms with Crippen LogP contribution in [0.1, 0.15) is 24.8 Å². The predicted octanol–water partition coefficient (Wildman–Crippen LogP) is 2.92. The van der Waals surface area contributed by atoms with E-state index in [4.69, 9.17) is 10.5 Å². The lowest BCUT2D eigenvalue weighted by Gasteiger charge is -2.42. The number of anilines is 3. The maximum atomic E-state index is 12.2. The van der Waals surface area contributed by atoms with E-state index in [9.17, 15) is 4.79 Å². The van der Waals surface area contributed by atoms with Crippen LogP contribution in [0.25, 0.3) is 10.8 Å². The van der Waals surface area contributed by atoms with Crippen molar-refractivity contribution >= 4 is 45.7 Å². The molecule has 2 aliphatic heterocycles. The van der Waals surface area contributed by atoms with Crippen LogP contribution >= 0.6 is 0 Å². The van der Waals surface area contributed by atoms with Crippen molar-refractivity contribution in [2.45, 2.75) is 19.3 Å². The number of nitrogens with zero attached hydrogens (tertiary/aromatic N) is 5. The number of aromatic nitrogens is 3. The third-order valence-electron chi connectivity index (χ3n) is 7.15. The van der Waals surface area contributed by atoms with Gasteiger partial charge in [-0.3, -0.25) is 4.79 Å². The minimum Gasteiger partial charge on any atom is -0.383 e. The van der Waals surface area contributed by atoms with E-state index in [1.54, 1.807) is 19.4 Å². The molecule has 0 spiro atoms. The van der Waals surface area contributed by atoms with Crippen LogP contribution in [0.5, 0.6) is 0 Å². The Morgan fingerprint density at radius 1 is 1.08 bits per heavy atom. The van der Waals surface area contributed by atoms with Crippen LogP contribution < -0.4 is 21.3 Å². The number of nitrogens with one attached hydrogen (secondary N) is 2. The fourth-order valence-electron chi connectivity index (χ4n) is 5.17. The first-order chi connectivity index (χ1) is 17.6. The molecule has 3 aromatic heterocycles. The van der Waals surface area contributed by atoms with Gasteiger partial charge in [-0.25, -0.2) is 19.9 Å². The maximum Gasteiger partial charge on any atom is 0.228 e. The number of nitrogens with two attached hydrogens (primary N) is 1. The highest BCUT2D eigenvalue weighted by Crippen LogP contribution is 2.32. The number of hydrogen-bond donors (Lipinski definition) is 3. The Labute approximate surface area is 209 Å². The number of aliphatic imine (C=N–C) groups is 1. The molecule has 10 heteroatoms. The number of fused-ring (bicyclic) bond motifs is 3. The Hall–Kier alpha value is -3.79. The van der Waals surface area contributed by atoms with Crippen molar-refractivity contribution in [3.8, 4) is 0 Å². The fourth-order valence-corrected chi connectivity index (χ4v) is 5.17. The molecule has 1 aliphatic carbocycles. The zero-order chi connectivity index (χ0) is 24.6. The number of carbonyl (C=O) groups excluding carboxylic acids is 1. The average Bonchev–Trinajstić information content (AvgIpc) is 3.74. The highest BCUT2D eigenvalue weighted by atomic mass is 16.5. The van der Waals surface area contributed by atoms with Crippen LogP contribution in [0.4, 0.5) is 23.1 Å². The number of pyridine rings is 3. The quantitative estimate of drug-likeness (QED) is 0.358. The monoisotopic (exact) mass is 486 g/mol. The van der Waals surface area contributed by atoms with Crippen LogP contribution in [0.3, 0.4) is 0 Å². The number of ether oxygens (including phenoxy) is 1. The molecule has 36 heavy (non-hydrogen) atoms. The summed E-state index contributed by atoms with van der Waals surface area (Å²) in [7, 11) is 1.80. The minimum atomic E-state index is 0.00193. The summed E-state index contributed by atoms with van der Waals surface area (Å²) in [4.78, 5) is 32.7. The standard InChI is InChI=1S/C26H30N8O2/c1-28-25-21-10-30-23(33-26(35)17-2-3-17)7-19(21)20(9-31-25)24(27)32-22-5-4-18(8-29-22)34-11-15-6-16(12-34)14-36-13-15/h4-5,7-10,15-17H,2-3,6,11-14H2,1H3,(H,28,31)(H2,27,29,32)(H,30,33,35). The summed E-state index contributed by atoms with van der Waals surface area (Å²) in [6.45, 7) is 3.67. The zero-order valence-corrected chi connectivity index (χ0v) is 20.3. The summed E-state index contributed by atoms with van der Waals surface area (Å²) in [5, 5.41) is 7.58. The van der Waals surface area contributed by atoms with Gasteiger partial charge in [0.15, 0.2) is 5.82 Å². The highest BCUT2D eigenvalue weighted by molar-refractivity contribution is 6.12. The summed E-state index contributed by atoms with van der Waals surface area (Å²) in [6.07, 6.45) is 8.35. The minimum absolute atomic E-state index is 0.00193. The smallest absolute Gasteiger partial charge is 0.228 e. The van der Waals surface area contributed by atoms with Crippen molar-refractivity contribution in [3.63, 3.8) is 0 Å². The van der Waals surface area contributed by atoms with Crippen molar-refractivity contribution in [2.75, 3.05) is 48.9 Å². The van der Waals surface area contributed by atoms with Gasteiger partial charge in [-0.15, -0.1) is 0 Å². The molecule has 6 rings (SSSR count). The van der Waals surface area contributed by atoms with E-state index in [-0.39, 0.29) is 11.8 Å². The van der Waals surface area contributed by atoms with E-state index >= 15 is 0 Å². The number of amidine groups is 1. The summed E-state index contributed by atoms with van der Waals surface area (Å²) in [6, 6.07) is 5.77. The van der Waals surface area contributed by atoms with Crippen molar-refractivity contribution in [1.29, 1.82) is 0 Å². The first-order valence-electron chi connectivity index (χ1n) is 12.5. The van der Waals surface area contributed by atoms with Gasteiger partial charge >= 0.3 is 0 Å². The lowest BCUT2D eigenvalue weighted by atomic mass is 9.88. The molecule has 2 saturated heterocycles. The molecule has 3 aromatic rings. The van der Waals surface area contributed by atoms with Gasteiger partial charge in [0.1, 0.15) is 17.5 Å². The normalized spacial score (nSPS) is 21.9. The zero-order valence-electron chi connectivity index (χ0n) is 20.3. The topological polar surface area (TPSA) is 131 Å². The van der Waals surface area contributed by atoms with Gasteiger partial charge < -0.3 is 26.0 Å². The van der Waals surface area contributed by atoms with Crippen LogP contribution in [0.15, 0.2) is 41.8 Å². The molecule has 2 unspecified atom stereocenters. The molecule has 186 valence electrons. The Bertz CT molecular complexity index is 1310. The molecule has 0 radical (unpaired) electrons. The van der Waals surface area contributed by atoms with Crippen molar-refractivity contribution in [2.24, 2.45) is 28.5 Å². The second kappa shape index (κ2) is 9.34. The summed E-state index contributed by atoms with van der Waals surface area (Å²) < 4.78 is 5.70. The first kappa shape index (κ1) is 22.7. The van der Waals surface area contributed by atoms with Gasteiger partial charge in [0.25, 0.3) is 0 Å². The van der Waals surface area contributed by atoms with Gasteiger partial charge in [0.05, 0.1) is 25.1 Å². The highest BCUT2D eigenvalue weighted by Gasteiger charge is 2.31. The Morgan fingerprint density at radius 3 is 2.58 bits per heavy atom. The molecule has 0 aromatic carbocycles. The van der Waals surface area contributed by atoms with Crippen LogP contribution in [-0.2, 0) is 9.53 Å². The third-order valence-corrected chi connectivity index (χ3v) is 7.15. The third kappa shape index (κ3) is 4.56. The molecule has 1 saturated carbocycles. The van der Waals surface area contributed by atoms with E-state index in [0.29, 0.717) is 40.7 Å². The van der Waals surface area contributed by atoms with Crippen LogP contribution in [-0.4, -0.2) is 60.0 Å².